The van der Waals surface area contributed by atoms with E-state index in [-0.39, 0.29) is 10.8 Å². The second-order valence-electron chi connectivity index (χ2n) is 7.29. The van der Waals surface area contributed by atoms with Gasteiger partial charge in [-0.05, 0) is 33.9 Å². The molecule has 0 nitrogen and oxygen atoms in total. The fourth-order valence-electron chi connectivity index (χ4n) is 2.55. The fraction of sp³-hybridized carbons (Fsp3) is 0.529. The molecule has 0 radical (unpaired) electrons. The Morgan fingerprint density at radius 3 is 1.95 bits per heavy atom. The van der Waals surface area contributed by atoms with E-state index in [0.29, 0.717) is 0 Å². The molecule has 0 saturated carbocycles. The standard InChI is InChI=1S/C17H24.2ClH.Zr/c1-16(2,3)13-10-12-8-7-9-15(14(12)11-13)17(4,5)6;;;/h7-10H,11H2,1-6H3;2*1H;/q;;;+2/p-2. The van der Waals surface area contributed by atoms with Gasteiger partial charge in [0.2, 0.25) is 0 Å². The van der Waals surface area contributed by atoms with Crippen molar-refractivity contribution in [1.29, 1.82) is 0 Å². The van der Waals surface area contributed by atoms with Crippen LogP contribution in [-0.2, 0) is 32.7 Å². The first-order valence-electron chi connectivity index (χ1n) is 6.91. The molecule has 0 heterocycles. The van der Waals surface area contributed by atoms with E-state index in [1.54, 1.807) is 11.1 Å². The maximum absolute atomic E-state index is 4.93. The van der Waals surface area contributed by atoms with E-state index in [1.165, 1.54) is 11.1 Å². The Labute approximate surface area is 142 Å². The van der Waals surface area contributed by atoms with Gasteiger partial charge in [0.1, 0.15) is 0 Å². The third-order valence-corrected chi connectivity index (χ3v) is 3.68. The van der Waals surface area contributed by atoms with Crippen molar-refractivity contribution in [3.05, 3.63) is 40.5 Å². The van der Waals surface area contributed by atoms with Crippen LogP contribution in [0.1, 0.15) is 58.2 Å². The molecule has 1 aromatic carbocycles. The van der Waals surface area contributed by atoms with E-state index in [0.717, 1.165) is 6.42 Å². The molecule has 20 heavy (non-hydrogen) atoms. The second kappa shape index (κ2) is 7.12. The first-order chi connectivity index (χ1) is 9.11. The van der Waals surface area contributed by atoms with Crippen molar-refractivity contribution >= 4 is 23.1 Å². The molecule has 0 atom stereocenters. The summed E-state index contributed by atoms with van der Waals surface area (Å²) in [4.78, 5) is 0. The molecule has 0 aromatic heterocycles. The van der Waals surface area contributed by atoms with Crippen molar-refractivity contribution in [2.75, 3.05) is 0 Å². The Morgan fingerprint density at radius 1 is 0.950 bits per heavy atom. The van der Waals surface area contributed by atoms with Gasteiger partial charge in [0.05, 0.1) is 0 Å². The Balaban J connectivity index is 0.000000612. The van der Waals surface area contributed by atoms with E-state index in [2.05, 4.69) is 65.8 Å². The minimum atomic E-state index is -0.826. The monoisotopic (exact) mass is 388 g/mol. The van der Waals surface area contributed by atoms with E-state index >= 15 is 0 Å². The number of halogens is 2. The van der Waals surface area contributed by atoms with Gasteiger partial charge in [0.25, 0.3) is 0 Å². The zero-order valence-corrected chi connectivity index (χ0v) is 17.2. The van der Waals surface area contributed by atoms with Crippen molar-refractivity contribution in [2.24, 2.45) is 5.41 Å². The van der Waals surface area contributed by atoms with Crippen LogP contribution in [0, 0.1) is 5.41 Å². The minimum absolute atomic E-state index is 0.243. The van der Waals surface area contributed by atoms with Crippen LogP contribution in [-0.4, -0.2) is 0 Å². The molecular formula is C17H24Cl2Zr. The van der Waals surface area contributed by atoms with Gasteiger partial charge >= 0.3 is 37.9 Å². The Hall–Kier alpha value is 0.423. The predicted molar refractivity (Wildman–Crippen MR) is 88.0 cm³/mol. The number of allylic oxidation sites excluding steroid dienone is 1. The SMILES string of the molecule is CC(C)(C)C1=Cc2cccc(C(C)(C)C)c2C1.[Cl][Zr][Cl]. The van der Waals surface area contributed by atoms with Crippen molar-refractivity contribution < 1.29 is 20.8 Å². The van der Waals surface area contributed by atoms with Crippen LogP contribution >= 0.6 is 17.0 Å². The topological polar surface area (TPSA) is 0 Å². The van der Waals surface area contributed by atoms with E-state index < -0.39 is 20.8 Å². The summed E-state index contributed by atoms with van der Waals surface area (Å²) in [5.41, 5.74) is 6.57. The van der Waals surface area contributed by atoms with Crippen LogP contribution in [0.2, 0.25) is 0 Å². The van der Waals surface area contributed by atoms with Crippen LogP contribution in [0.5, 0.6) is 0 Å². The molecule has 0 spiro atoms. The molecule has 0 bridgehead atoms. The molecule has 0 N–H and O–H groups in total. The average Bonchev–Trinajstić information content (AvgIpc) is 2.71. The van der Waals surface area contributed by atoms with Crippen molar-refractivity contribution in [3.8, 4) is 0 Å². The molecule has 110 valence electrons. The van der Waals surface area contributed by atoms with Crippen LogP contribution in [0.15, 0.2) is 23.8 Å². The Morgan fingerprint density at radius 2 is 1.50 bits per heavy atom. The van der Waals surface area contributed by atoms with E-state index in [4.69, 9.17) is 17.0 Å². The molecule has 0 amide bonds. The molecule has 3 heteroatoms. The third kappa shape index (κ3) is 4.72. The molecule has 0 saturated heterocycles. The normalized spacial score (nSPS) is 14.1. The van der Waals surface area contributed by atoms with E-state index in [1.807, 2.05) is 0 Å². The van der Waals surface area contributed by atoms with Crippen molar-refractivity contribution in [3.63, 3.8) is 0 Å². The summed E-state index contributed by atoms with van der Waals surface area (Å²) in [6.07, 6.45) is 3.52. The van der Waals surface area contributed by atoms with Crippen LogP contribution < -0.4 is 0 Å². The summed E-state index contributed by atoms with van der Waals surface area (Å²) in [7, 11) is 9.87. The van der Waals surface area contributed by atoms with Crippen LogP contribution in [0.3, 0.4) is 0 Å². The average molecular weight is 391 g/mol. The molecule has 1 aliphatic rings. The van der Waals surface area contributed by atoms with Crippen LogP contribution in [0.25, 0.3) is 6.08 Å². The van der Waals surface area contributed by atoms with Gasteiger partial charge in [-0.2, -0.15) is 0 Å². The van der Waals surface area contributed by atoms with Gasteiger partial charge in [-0.15, -0.1) is 0 Å². The molecule has 2 rings (SSSR count). The van der Waals surface area contributed by atoms with Gasteiger partial charge < -0.3 is 0 Å². The predicted octanol–water partition coefficient (Wildman–Crippen LogP) is 6.35. The summed E-state index contributed by atoms with van der Waals surface area (Å²) in [6.45, 7) is 13.8. The molecular weight excluding hydrogens is 366 g/mol. The zero-order chi connectivity index (χ0) is 15.6. The summed E-state index contributed by atoms with van der Waals surface area (Å²) in [6, 6.07) is 6.74. The molecule has 0 unspecified atom stereocenters. The first kappa shape index (κ1) is 18.5. The van der Waals surface area contributed by atoms with Gasteiger partial charge in [-0.3, -0.25) is 0 Å². The summed E-state index contributed by atoms with van der Waals surface area (Å²) >= 11 is -0.826. The quantitative estimate of drug-likeness (QED) is 0.484. The van der Waals surface area contributed by atoms with Gasteiger partial charge in [-0.1, -0.05) is 71.4 Å². The Kier molecular flexibility index (Phi) is 6.58. The van der Waals surface area contributed by atoms with Gasteiger partial charge in [0, 0.05) is 0 Å². The summed E-state index contributed by atoms with van der Waals surface area (Å²) in [5.74, 6) is 0. The zero-order valence-electron chi connectivity index (χ0n) is 13.3. The number of benzene rings is 1. The van der Waals surface area contributed by atoms with E-state index in [9.17, 15) is 0 Å². The fourth-order valence-corrected chi connectivity index (χ4v) is 2.55. The second-order valence-corrected chi connectivity index (χ2v) is 11.0. The summed E-state index contributed by atoms with van der Waals surface area (Å²) in [5, 5.41) is 0. The van der Waals surface area contributed by atoms with Crippen molar-refractivity contribution in [1.82, 2.24) is 0 Å². The molecule has 1 aromatic rings. The number of rotatable bonds is 0. The number of hydrogen-bond acceptors (Lipinski definition) is 0. The third-order valence-electron chi connectivity index (χ3n) is 3.68. The molecule has 1 aliphatic carbocycles. The number of hydrogen-bond donors (Lipinski definition) is 0. The molecule has 0 fully saturated rings. The van der Waals surface area contributed by atoms with Gasteiger partial charge in [0.15, 0.2) is 0 Å². The molecule has 0 aliphatic heterocycles. The van der Waals surface area contributed by atoms with Crippen LogP contribution in [0.4, 0.5) is 0 Å². The van der Waals surface area contributed by atoms with Gasteiger partial charge in [-0.25, -0.2) is 0 Å². The van der Waals surface area contributed by atoms with Crippen molar-refractivity contribution in [2.45, 2.75) is 53.4 Å². The Bertz CT molecular complexity index is 491. The summed E-state index contributed by atoms with van der Waals surface area (Å²) < 4.78 is 0. The first-order valence-corrected chi connectivity index (χ1v) is 13.2. The maximum atomic E-state index is 4.93. The number of fused-ring (bicyclic) bond motifs is 1.